The third-order valence-electron chi connectivity index (χ3n) is 3.27. The Bertz CT molecular complexity index is 642. The van der Waals surface area contributed by atoms with Gasteiger partial charge < -0.3 is 25.2 Å². The first-order valence-electron chi connectivity index (χ1n) is 7.28. The van der Waals surface area contributed by atoms with E-state index in [1.807, 2.05) is 0 Å². The van der Waals surface area contributed by atoms with Gasteiger partial charge in [0.2, 0.25) is 5.91 Å². The van der Waals surface area contributed by atoms with Gasteiger partial charge in [0.15, 0.2) is 11.5 Å². The molecule has 1 rings (SSSR count). The Morgan fingerprint density at radius 3 is 2.17 bits per heavy atom. The second kappa shape index (κ2) is 8.19. The summed E-state index contributed by atoms with van der Waals surface area (Å²) in [5.41, 5.74) is 0.397. The molecule has 132 valence electrons. The number of carbonyl (C=O) groups is 3. The van der Waals surface area contributed by atoms with Crippen LogP contribution in [0.15, 0.2) is 12.1 Å². The maximum absolute atomic E-state index is 12.4. The number of carboxylic acids is 1. The minimum absolute atomic E-state index is 0.142. The Labute approximate surface area is 140 Å². The quantitative estimate of drug-likeness (QED) is 0.694. The van der Waals surface area contributed by atoms with Crippen molar-refractivity contribution >= 4 is 23.5 Å². The Hall–Kier alpha value is -2.77. The van der Waals surface area contributed by atoms with Crippen molar-refractivity contribution in [2.24, 2.45) is 5.92 Å². The molecule has 2 amide bonds. The van der Waals surface area contributed by atoms with Gasteiger partial charge in [0.25, 0.3) is 5.91 Å². The molecule has 0 bridgehead atoms. The summed E-state index contributed by atoms with van der Waals surface area (Å²) >= 11 is 0. The van der Waals surface area contributed by atoms with Crippen LogP contribution in [0.5, 0.6) is 11.5 Å². The molecule has 0 saturated carbocycles. The molecule has 8 heteroatoms. The number of benzene rings is 1. The van der Waals surface area contributed by atoms with E-state index in [-0.39, 0.29) is 34.6 Å². The molecule has 1 aromatic rings. The van der Waals surface area contributed by atoms with Gasteiger partial charge in [-0.15, -0.1) is 0 Å². The van der Waals surface area contributed by atoms with Crippen LogP contribution in [-0.4, -0.2) is 43.2 Å². The number of amides is 2. The molecule has 1 atom stereocenters. The number of ether oxygens (including phenoxy) is 2. The molecule has 0 heterocycles. The van der Waals surface area contributed by atoms with E-state index in [9.17, 15) is 19.5 Å². The number of methoxy groups -OCH3 is 2. The number of hydrogen-bond acceptors (Lipinski definition) is 5. The summed E-state index contributed by atoms with van der Waals surface area (Å²) in [6.07, 6.45) is 0. The van der Waals surface area contributed by atoms with Crippen LogP contribution < -0.4 is 20.1 Å². The molecule has 0 aromatic heterocycles. The molecule has 8 nitrogen and oxygen atoms in total. The number of carbonyl (C=O) groups excluding carboxylic acids is 2. The summed E-state index contributed by atoms with van der Waals surface area (Å²) in [6.45, 7) is 4.70. The predicted octanol–water partition coefficient (Wildman–Crippen LogP) is 1.50. The highest BCUT2D eigenvalue weighted by molar-refractivity contribution is 6.00. The van der Waals surface area contributed by atoms with Gasteiger partial charge in [-0.3, -0.25) is 9.59 Å². The van der Waals surface area contributed by atoms with Crippen molar-refractivity contribution in [3.05, 3.63) is 17.7 Å². The maximum atomic E-state index is 12.4. The number of carboxylic acid groups (broad SMARTS) is 1. The second-order valence-corrected chi connectivity index (χ2v) is 5.47. The lowest BCUT2D eigenvalue weighted by Gasteiger charge is -2.19. The van der Waals surface area contributed by atoms with E-state index in [1.165, 1.54) is 33.3 Å². The van der Waals surface area contributed by atoms with Gasteiger partial charge in [0.05, 0.1) is 19.9 Å². The van der Waals surface area contributed by atoms with E-state index in [0.29, 0.717) is 0 Å². The fourth-order valence-electron chi connectivity index (χ4n) is 2.12. The molecule has 1 aromatic carbocycles. The lowest BCUT2D eigenvalue weighted by molar-refractivity contribution is -0.140. The van der Waals surface area contributed by atoms with Gasteiger partial charge in [0, 0.05) is 12.5 Å². The van der Waals surface area contributed by atoms with E-state index >= 15 is 0 Å². The zero-order valence-electron chi connectivity index (χ0n) is 14.3. The maximum Gasteiger partial charge on any atom is 0.326 e. The standard InChI is InChI=1S/C16H22N2O6/c1-8(2)13(16(21)22)18-15(20)10-6-11(17-9(3)19)14(24-5)12(7-10)23-4/h6-8,13H,1-5H3,(H,17,19)(H,18,20)(H,21,22)/t13-/m1/s1. The van der Waals surface area contributed by atoms with Crippen LogP contribution in [0.25, 0.3) is 0 Å². The topological polar surface area (TPSA) is 114 Å². The SMILES string of the molecule is COc1cc(C(=O)N[C@@H](C(=O)O)C(C)C)cc(NC(C)=O)c1OC. The summed E-state index contributed by atoms with van der Waals surface area (Å²) in [6, 6.07) is 1.78. The first-order chi connectivity index (χ1) is 11.2. The summed E-state index contributed by atoms with van der Waals surface area (Å²) in [7, 11) is 2.80. The Morgan fingerprint density at radius 2 is 1.75 bits per heavy atom. The van der Waals surface area contributed by atoms with E-state index in [0.717, 1.165) is 0 Å². The lowest BCUT2D eigenvalue weighted by Crippen LogP contribution is -2.44. The third kappa shape index (κ3) is 4.61. The zero-order valence-corrected chi connectivity index (χ0v) is 14.3. The van der Waals surface area contributed by atoms with Crippen LogP contribution in [-0.2, 0) is 9.59 Å². The Balaban J connectivity index is 3.25. The molecular formula is C16H22N2O6. The van der Waals surface area contributed by atoms with E-state index < -0.39 is 17.9 Å². The highest BCUT2D eigenvalue weighted by Gasteiger charge is 2.25. The highest BCUT2D eigenvalue weighted by Crippen LogP contribution is 2.36. The second-order valence-electron chi connectivity index (χ2n) is 5.47. The molecule has 0 saturated heterocycles. The minimum atomic E-state index is -1.12. The molecule has 0 spiro atoms. The average Bonchev–Trinajstić information content (AvgIpc) is 2.50. The fourth-order valence-corrected chi connectivity index (χ4v) is 2.12. The van der Waals surface area contributed by atoms with Crippen molar-refractivity contribution in [3.63, 3.8) is 0 Å². The molecule has 0 fully saturated rings. The summed E-state index contributed by atoms with van der Waals surface area (Å²) in [4.78, 5) is 34.9. The molecular weight excluding hydrogens is 316 g/mol. The molecule has 0 aliphatic rings. The number of aliphatic carboxylic acids is 1. The van der Waals surface area contributed by atoms with Gasteiger partial charge in [-0.25, -0.2) is 4.79 Å². The van der Waals surface area contributed by atoms with Crippen molar-refractivity contribution in [1.82, 2.24) is 5.32 Å². The molecule has 24 heavy (non-hydrogen) atoms. The van der Waals surface area contributed by atoms with Gasteiger partial charge in [-0.05, 0) is 18.1 Å². The largest absolute Gasteiger partial charge is 0.493 e. The van der Waals surface area contributed by atoms with E-state index in [2.05, 4.69) is 10.6 Å². The number of rotatable bonds is 7. The van der Waals surface area contributed by atoms with Crippen LogP contribution >= 0.6 is 0 Å². The van der Waals surface area contributed by atoms with Crippen molar-refractivity contribution in [2.45, 2.75) is 26.8 Å². The first-order valence-corrected chi connectivity index (χ1v) is 7.28. The van der Waals surface area contributed by atoms with E-state index in [4.69, 9.17) is 9.47 Å². The van der Waals surface area contributed by atoms with Crippen LogP contribution in [0.3, 0.4) is 0 Å². The first kappa shape index (κ1) is 19.3. The highest BCUT2D eigenvalue weighted by atomic mass is 16.5. The fraction of sp³-hybridized carbons (Fsp3) is 0.438. The molecule has 0 radical (unpaired) electrons. The van der Waals surface area contributed by atoms with Gasteiger partial charge in [-0.2, -0.15) is 0 Å². The van der Waals surface area contributed by atoms with Crippen molar-refractivity contribution < 1.29 is 29.0 Å². The zero-order chi connectivity index (χ0) is 18.4. The monoisotopic (exact) mass is 338 g/mol. The van der Waals surface area contributed by atoms with Gasteiger partial charge in [0.1, 0.15) is 6.04 Å². The Kier molecular flexibility index (Phi) is 6.58. The number of nitrogens with one attached hydrogen (secondary N) is 2. The Morgan fingerprint density at radius 1 is 1.12 bits per heavy atom. The van der Waals surface area contributed by atoms with E-state index in [1.54, 1.807) is 13.8 Å². The van der Waals surface area contributed by atoms with Crippen LogP contribution in [0.4, 0.5) is 5.69 Å². The minimum Gasteiger partial charge on any atom is -0.493 e. The lowest BCUT2D eigenvalue weighted by atomic mass is 10.0. The number of hydrogen-bond donors (Lipinski definition) is 3. The molecule has 0 unspecified atom stereocenters. The van der Waals surface area contributed by atoms with Crippen molar-refractivity contribution in [2.75, 3.05) is 19.5 Å². The summed E-state index contributed by atoms with van der Waals surface area (Å²) < 4.78 is 10.4. The summed E-state index contributed by atoms with van der Waals surface area (Å²) in [5.74, 6) is -1.85. The molecule has 3 N–H and O–H groups in total. The van der Waals surface area contributed by atoms with Crippen LogP contribution in [0.1, 0.15) is 31.1 Å². The van der Waals surface area contributed by atoms with Crippen molar-refractivity contribution in [1.29, 1.82) is 0 Å². The smallest absolute Gasteiger partial charge is 0.326 e. The average molecular weight is 338 g/mol. The van der Waals surface area contributed by atoms with Crippen molar-refractivity contribution in [3.8, 4) is 11.5 Å². The third-order valence-corrected chi connectivity index (χ3v) is 3.27. The van der Waals surface area contributed by atoms with Gasteiger partial charge in [-0.1, -0.05) is 13.8 Å². The summed E-state index contributed by atoms with van der Waals surface area (Å²) in [5, 5.41) is 14.2. The normalized spacial score (nSPS) is 11.6. The molecule has 0 aliphatic carbocycles. The van der Waals surface area contributed by atoms with Gasteiger partial charge >= 0.3 is 5.97 Å². The predicted molar refractivity (Wildman–Crippen MR) is 87.6 cm³/mol. The van der Waals surface area contributed by atoms with Crippen LogP contribution in [0.2, 0.25) is 0 Å². The molecule has 0 aliphatic heterocycles. The number of anilines is 1. The van der Waals surface area contributed by atoms with Crippen LogP contribution in [0, 0.1) is 5.92 Å².